The van der Waals surface area contributed by atoms with Crippen LogP contribution < -0.4 is 19.6 Å². The largest absolute Gasteiger partial charge is 0.493 e. The number of amides is 1. The summed E-state index contributed by atoms with van der Waals surface area (Å²) in [6.45, 7) is 0. The number of nitrogens with zero attached hydrogens (tertiary/aromatic N) is 1. The SMILES string of the molecule is COc1cc(C(=O)N/N=C/CC2CCC2)cc(OC)c1OC. The molecule has 120 valence electrons. The molecular weight excluding hydrogens is 284 g/mol. The molecule has 1 amide bonds. The zero-order valence-corrected chi connectivity index (χ0v) is 13.2. The molecule has 0 aliphatic heterocycles. The van der Waals surface area contributed by atoms with Crippen molar-refractivity contribution in [3.8, 4) is 17.2 Å². The van der Waals surface area contributed by atoms with Gasteiger partial charge in [0.05, 0.1) is 21.3 Å². The van der Waals surface area contributed by atoms with E-state index in [-0.39, 0.29) is 5.91 Å². The highest BCUT2D eigenvalue weighted by Gasteiger charge is 2.17. The summed E-state index contributed by atoms with van der Waals surface area (Å²) in [6, 6.07) is 3.19. The topological polar surface area (TPSA) is 69.2 Å². The number of ether oxygens (including phenoxy) is 3. The second-order valence-electron chi connectivity index (χ2n) is 5.20. The van der Waals surface area contributed by atoms with E-state index < -0.39 is 0 Å². The number of hydrogen-bond acceptors (Lipinski definition) is 5. The highest BCUT2D eigenvalue weighted by Crippen LogP contribution is 2.38. The number of carbonyl (C=O) groups is 1. The molecule has 6 heteroatoms. The smallest absolute Gasteiger partial charge is 0.271 e. The molecule has 0 bridgehead atoms. The van der Waals surface area contributed by atoms with Gasteiger partial charge in [0.25, 0.3) is 5.91 Å². The summed E-state index contributed by atoms with van der Waals surface area (Å²) >= 11 is 0. The number of methoxy groups -OCH3 is 3. The zero-order valence-electron chi connectivity index (χ0n) is 13.2. The van der Waals surface area contributed by atoms with Crippen molar-refractivity contribution in [2.75, 3.05) is 21.3 Å². The molecule has 1 aromatic carbocycles. The fraction of sp³-hybridized carbons (Fsp3) is 0.500. The standard InChI is InChI=1S/C16H22N2O4/c1-20-13-9-12(10-14(21-2)15(13)22-3)16(19)18-17-8-7-11-5-4-6-11/h8-11H,4-7H2,1-3H3,(H,18,19)/b17-8+. The van der Waals surface area contributed by atoms with Crippen molar-refractivity contribution in [3.05, 3.63) is 17.7 Å². The molecule has 0 aromatic heterocycles. The van der Waals surface area contributed by atoms with Gasteiger partial charge in [0.1, 0.15) is 0 Å². The van der Waals surface area contributed by atoms with E-state index in [1.807, 2.05) is 0 Å². The van der Waals surface area contributed by atoms with Crippen LogP contribution in [0.2, 0.25) is 0 Å². The molecule has 0 atom stereocenters. The number of hydrazone groups is 1. The summed E-state index contributed by atoms with van der Waals surface area (Å²) in [6.07, 6.45) is 6.49. The zero-order chi connectivity index (χ0) is 15.9. The van der Waals surface area contributed by atoms with Crippen LogP contribution in [0.3, 0.4) is 0 Å². The monoisotopic (exact) mass is 306 g/mol. The Hall–Kier alpha value is -2.24. The molecule has 1 N–H and O–H groups in total. The normalized spacial score (nSPS) is 14.5. The van der Waals surface area contributed by atoms with Crippen molar-refractivity contribution in [1.82, 2.24) is 5.43 Å². The molecular formula is C16H22N2O4. The molecule has 2 rings (SSSR count). The van der Waals surface area contributed by atoms with Crippen LogP contribution in [0.15, 0.2) is 17.2 Å². The van der Waals surface area contributed by atoms with Gasteiger partial charge in [0.15, 0.2) is 11.5 Å². The van der Waals surface area contributed by atoms with Crippen molar-refractivity contribution in [2.24, 2.45) is 11.0 Å². The van der Waals surface area contributed by atoms with E-state index in [4.69, 9.17) is 14.2 Å². The molecule has 1 fully saturated rings. The molecule has 1 saturated carbocycles. The van der Waals surface area contributed by atoms with Crippen LogP contribution in [0.25, 0.3) is 0 Å². The first-order valence-corrected chi connectivity index (χ1v) is 7.31. The lowest BCUT2D eigenvalue weighted by atomic mass is 9.83. The number of rotatable bonds is 7. The van der Waals surface area contributed by atoms with E-state index in [0.717, 1.165) is 12.3 Å². The van der Waals surface area contributed by atoms with Crippen LogP contribution in [0.4, 0.5) is 0 Å². The van der Waals surface area contributed by atoms with Gasteiger partial charge < -0.3 is 14.2 Å². The minimum absolute atomic E-state index is 0.316. The van der Waals surface area contributed by atoms with Crippen LogP contribution in [0.1, 0.15) is 36.0 Å². The highest BCUT2D eigenvalue weighted by molar-refractivity contribution is 5.95. The summed E-state index contributed by atoms with van der Waals surface area (Å²) in [4.78, 5) is 12.1. The van der Waals surface area contributed by atoms with Crippen LogP contribution in [0.5, 0.6) is 17.2 Å². The first kappa shape index (κ1) is 16.1. The third-order valence-electron chi connectivity index (χ3n) is 3.85. The van der Waals surface area contributed by atoms with E-state index in [9.17, 15) is 4.79 Å². The fourth-order valence-electron chi connectivity index (χ4n) is 2.31. The Morgan fingerprint density at radius 2 is 1.86 bits per heavy atom. The minimum atomic E-state index is -0.316. The van der Waals surface area contributed by atoms with Gasteiger partial charge in [-0.05, 0) is 24.5 Å². The Morgan fingerprint density at radius 1 is 1.23 bits per heavy atom. The first-order chi connectivity index (χ1) is 10.7. The summed E-state index contributed by atoms with van der Waals surface area (Å²) in [5, 5.41) is 3.99. The van der Waals surface area contributed by atoms with Gasteiger partial charge in [0, 0.05) is 11.8 Å². The second kappa shape index (κ2) is 7.68. The summed E-state index contributed by atoms with van der Waals surface area (Å²) < 4.78 is 15.7. The molecule has 0 spiro atoms. The number of nitrogens with one attached hydrogen (secondary N) is 1. The second-order valence-corrected chi connectivity index (χ2v) is 5.20. The average Bonchev–Trinajstić information content (AvgIpc) is 2.51. The Balaban J connectivity index is 2.04. The molecule has 22 heavy (non-hydrogen) atoms. The fourth-order valence-corrected chi connectivity index (χ4v) is 2.31. The maximum atomic E-state index is 12.1. The van der Waals surface area contributed by atoms with Crippen LogP contribution in [-0.4, -0.2) is 33.5 Å². The molecule has 1 aromatic rings. The maximum absolute atomic E-state index is 12.1. The Bertz CT molecular complexity index is 528. The van der Waals surface area contributed by atoms with Crippen molar-refractivity contribution in [3.63, 3.8) is 0 Å². The van der Waals surface area contributed by atoms with E-state index in [0.29, 0.717) is 22.8 Å². The van der Waals surface area contributed by atoms with Crippen molar-refractivity contribution < 1.29 is 19.0 Å². The molecule has 0 radical (unpaired) electrons. The van der Waals surface area contributed by atoms with Gasteiger partial charge in [-0.1, -0.05) is 19.3 Å². The summed E-state index contributed by atoms with van der Waals surface area (Å²) in [5.41, 5.74) is 2.92. The van der Waals surface area contributed by atoms with Gasteiger partial charge in [-0.15, -0.1) is 0 Å². The van der Waals surface area contributed by atoms with E-state index in [1.54, 1.807) is 18.3 Å². The van der Waals surface area contributed by atoms with E-state index in [2.05, 4.69) is 10.5 Å². The van der Waals surface area contributed by atoms with E-state index in [1.165, 1.54) is 40.6 Å². The lowest BCUT2D eigenvalue weighted by Crippen LogP contribution is -2.18. The molecule has 6 nitrogen and oxygen atoms in total. The lowest BCUT2D eigenvalue weighted by molar-refractivity contribution is 0.0954. The predicted octanol–water partition coefficient (Wildman–Crippen LogP) is 2.62. The Morgan fingerprint density at radius 3 is 2.32 bits per heavy atom. The molecule has 0 heterocycles. The predicted molar refractivity (Wildman–Crippen MR) is 84.0 cm³/mol. The quantitative estimate of drug-likeness (QED) is 0.621. The Labute approximate surface area is 130 Å². The first-order valence-electron chi connectivity index (χ1n) is 7.31. The number of benzene rings is 1. The lowest BCUT2D eigenvalue weighted by Gasteiger charge is -2.22. The maximum Gasteiger partial charge on any atom is 0.271 e. The molecule has 1 aliphatic carbocycles. The van der Waals surface area contributed by atoms with E-state index >= 15 is 0 Å². The van der Waals surface area contributed by atoms with Crippen LogP contribution in [0, 0.1) is 5.92 Å². The summed E-state index contributed by atoms with van der Waals surface area (Å²) in [7, 11) is 4.54. The molecule has 0 unspecified atom stereocenters. The number of carbonyl (C=O) groups excluding carboxylic acids is 1. The average molecular weight is 306 g/mol. The van der Waals surface area contributed by atoms with Crippen molar-refractivity contribution in [2.45, 2.75) is 25.7 Å². The van der Waals surface area contributed by atoms with Gasteiger partial charge in [-0.25, -0.2) is 5.43 Å². The van der Waals surface area contributed by atoms with Gasteiger partial charge in [-0.3, -0.25) is 4.79 Å². The van der Waals surface area contributed by atoms with Gasteiger partial charge >= 0.3 is 0 Å². The van der Waals surface area contributed by atoms with Crippen LogP contribution >= 0.6 is 0 Å². The molecule has 1 aliphatic rings. The van der Waals surface area contributed by atoms with Gasteiger partial charge in [-0.2, -0.15) is 5.10 Å². The third kappa shape index (κ3) is 3.69. The van der Waals surface area contributed by atoms with Crippen molar-refractivity contribution >= 4 is 12.1 Å². The highest BCUT2D eigenvalue weighted by atomic mass is 16.5. The van der Waals surface area contributed by atoms with Gasteiger partial charge in [0.2, 0.25) is 5.75 Å². The minimum Gasteiger partial charge on any atom is -0.493 e. The summed E-state index contributed by atoms with van der Waals surface area (Å²) in [5.74, 6) is 1.73. The Kier molecular flexibility index (Phi) is 5.63. The van der Waals surface area contributed by atoms with Crippen molar-refractivity contribution in [1.29, 1.82) is 0 Å². The number of hydrogen-bond donors (Lipinski definition) is 1. The van der Waals surface area contributed by atoms with Crippen LogP contribution in [-0.2, 0) is 0 Å². The molecule has 0 saturated heterocycles. The third-order valence-corrected chi connectivity index (χ3v) is 3.85.